The number of rotatable bonds is 1. The van der Waals surface area contributed by atoms with Crippen molar-refractivity contribution in [2.75, 3.05) is 4.90 Å². The minimum atomic E-state index is -0.0994. The van der Waals surface area contributed by atoms with Crippen molar-refractivity contribution in [2.45, 2.75) is 52.4 Å². The van der Waals surface area contributed by atoms with E-state index < -0.39 is 0 Å². The van der Waals surface area contributed by atoms with Crippen molar-refractivity contribution < 1.29 is 4.42 Å². The van der Waals surface area contributed by atoms with Gasteiger partial charge in [-0.1, -0.05) is 102 Å². The summed E-state index contributed by atoms with van der Waals surface area (Å²) in [6.45, 7) is 13.9. The molecule has 0 saturated carbocycles. The van der Waals surface area contributed by atoms with E-state index in [1.54, 1.807) is 0 Å². The maximum atomic E-state index is 7.14. The van der Waals surface area contributed by atoms with Crippen LogP contribution in [0.3, 0.4) is 0 Å². The highest BCUT2D eigenvalue weighted by Gasteiger charge is 2.45. The summed E-state index contributed by atoms with van der Waals surface area (Å²) in [5.74, 6) is 0. The molecule has 6 heterocycles. The van der Waals surface area contributed by atoms with Gasteiger partial charge in [-0.2, -0.15) is 0 Å². The number of hydrogen-bond donors (Lipinski definition) is 0. The van der Waals surface area contributed by atoms with Gasteiger partial charge in [0.2, 0.25) is 0 Å². The third-order valence-electron chi connectivity index (χ3n) is 14.0. The molecule has 6 heteroatoms. The predicted molar refractivity (Wildman–Crippen MR) is 270 cm³/mol. The highest BCUT2D eigenvalue weighted by Crippen LogP contribution is 2.52. The van der Waals surface area contributed by atoms with Crippen LogP contribution in [0.1, 0.15) is 52.7 Å². The van der Waals surface area contributed by atoms with E-state index in [2.05, 4.69) is 190 Å². The van der Waals surface area contributed by atoms with Crippen molar-refractivity contribution in [3.8, 4) is 11.1 Å². The molecule has 0 spiro atoms. The highest BCUT2D eigenvalue weighted by molar-refractivity contribution is 7.26. The monoisotopic (exact) mass is 832 g/mol. The number of anilines is 3. The van der Waals surface area contributed by atoms with E-state index in [4.69, 9.17) is 4.42 Å². The Balaban J connectivity index is 1.21. The van der Waals surface area contributed by atoms with Gasteiger partial charge in [0.05, 0.1) is 0 Å². The van der Waals surface area contributed by atoms with Crippen LogP contribution in [-0.2, 0) is 10.8 Å². The van der Waals surface area contributed by atoms with Gasteiger partial charge in [-0.05, 0) is 112 Å². The summed E-state index contributed by atoms with van der Waals surface area (Å²) >= 11 is 3.78. The molecule has 2 aliphatic rings. The fourth-order valence-electron chi connectivity index (χ4n) is 11.0. The summed E-state index contributed by atoms with van der Waals surface area (Å²) in [4.78, 5) is 2.60. The van der Waals surface area contributed by atoms with Crippen LogP contribution in [0.4, 0.5) is 17.1 Å². The number of nitrogens with zero attached hydrogens (tertiary/aromatic N) is 2. The highest BCUT2D eigenvalue weighted by atomic mass is 32.1. The molecular weight excluding hydrogens is 792 g/mol. The first kappa shape index (κ1) is 35.3. The molecule has 0 atom stereocenters. The molecule has 14 rings (SSSR count). The first-order chi connectivity index (χ1) is 30.0. The summed E-state index contributed by atoms with van der Waals surface area (Å²) in [6, 6.07) is 53.3. The fraction of sp³-hybridized carbons (Fsp3) is 0.143. The molecule has 0 amide bonds. The standard InChI is InChI=1S/C56H41BN2OS2/c1-55(2,3)30-19-21-43-36(23-30)39-24-31(56(4,5)6)25-41-51-52-45(28-40-33-13-7-10-16-46(33)60-54(40)51)58(32-20-22-49-37(26-32)34-14-8-11-17-47(34)61-49)44-27-38-35-15-9-12-18-48(35)62-50(38)29-42(44)57(52)59(43)53(39)41/h7-29H,1-6H3. The number of aromatic nitrogens is 1. The van der Waals surface area contributed by atoms with Crippen LogP contribution in [0.15, 0.2) is 144 Å². The SMILES string of the molecule is CC(C)(C)c1ccc2c(c1)c1cc(C(C)(C)C)cc3c1n2B1c2cc4sc5ccccc5c4cc2N(c2ccc4sc5ccccc5c4c2)c2cc4c(oc5ccccc54)c-3c21. The van der Waals surface area contributed by atoms with E-state index in [0.29, 0.717) is 0 Å². The smallest absolute Gasteiger partial charge is 0.333 e. The third kappa shape index (κ3) is 4.56. The first-order valence-corrected chi connectivity index (χ1v) is 23.4. The van der Waals surface area contributed by atoms with Gasteiger partial charge < -0.3 is 13.8 Å². The number of benzene rings is 8. The molecule has 62 heavy (non-hydrogen) atoms. The second-order valence-electron chi connectivity index (χ2n) is 19.7. The molecule has 8 aromatic carbocycles. The van der Waals surface area contributed by atoms with E-state index in [9.17, 15) is 0 Å². The second kappa shape index (κ2) is 11.8. The Morgan fingerprint density at radius 2 is 1.15 bits per heavy atom. The molecule has 0 bridgehead atoms. The molecule has 0 radical (unpaired) electrons. The van der Waals surface area contributed by atoms with E-state index >= 15 is 0 Å². The summed E-state index contributed by atoms with van der Waals surface area (Å²) in [7, 11) is 0. The molecule has 0 unspecified atom stereocenters. The number of hydrogen-bond acceptors (Lipinski definition) is 4. The van der Waals surface area contributed by atoms with Gasteiger partial charge in [-0.3, -0.25) is 0 Å². The third-order valence-corrected chi connectivity index (χ3v) is 16.3. The molecule has 12 aromatic rings. The van der Waals surface area contributed by atoms with Crippen LogP contribution in [-0.4, -0.2) is 11.3 Å². The van der Waals surface area contributed by atoms with Crippen LogP contribution in [0.25, 0.3) is 95.2 Å². The lowest BCUT2D eigenvalue weighted by Gasteiger charge is -2.40. The number of furan rings is 1. The van der Waals surface area contributed by atoms with Gasteiger partial charge >= 0.3 is 6.85 Å². The zero-order chi connectivity index (χ0) is 41.6. The van der Waals surface area contributed by atoms with Crippen LogP contribution < -0.4 is 15.8 Å². The summed E-state index contributed by atoms with van der Waals surface area (Å²) in [5, 5.41) is 10.1. The lowest BCUT2D eigenvalue weighted by atomic mass is 9.45. The van der Waals surface area contributed by atoms with Crippen molar-refractivity contribution in [1.82, 2.24) is 4.48 Å². The molecule has 2 aliphatic heterocycles. The predicted octanol–water partition coefficient (Wildman–Crippen LogP) is 15.4. The Morgan fingerprint density at radius 1 is 0.500 bits per heavy atom. The van der Waals surface area contributed by atoms with Gasteiger partial charge in [0.25, 0.3) is 0 Å². The summed E-state index contributed by atoms with van der Waals surface area (Å²) in [5.41, 5.74) is 15.7. The fourth-order valence-corrected chi connectivity index (χ4v) is 13.2. The van der Waals surface area contributed by atoms with E-state index in [1.165, 1.54) is 112 Å². The molecule has 296 valence electrons. The Kier molecular flexibility index (Phi) is 6.70. The average molecular weight is 833 g/mol. The maximum absolute atomic E-state index is 7.14. The molecule has 0 saturated heterocycles. The summed E-state index contributed by atoms with van der Waals surface area (Å²) in [6.07, 6.45) is 0. The number of fused-ring (bicyclic) bond motifs is 17. The van der Waals surface area contributed by atoms with E-state index in [-0.39, 0.29) is 17.7 Å². The quantitative estimate of drug-likeness (QED) is 0.154. The number of thiophene rings is 2. The largest absolute Gasteiger partial charge is 0.455 e. The molecule has 0 aliphatic carbocycles. The Labute approximate surface area is 367 Å². The maximum Gasteiger partial charge on any atom is 0.333 e. The topological polar surface area (TPSA) is 21.3 Å². The van der Waals surface area contributed by atoms with E-state index in [1.807, 2.05) is 22.7 Å². The average Bonchev–Trinajstić information content (AvgIpc) is 4.02. The van der Waals surface area contributed by atoms with Crippen LogP contribution >= 0.6 is 22.7 Å². The minimum absolute atomic E-state index is 0.00341. The van der Waals surface area contributed by atoms with Gasteiger partial charge in [0.15, 0.2) is 0 Å². The van der Waals surface area contributed by atoms with Crippen molar-refractivity contribution in [3.05, 3.63) is 151 Å². The van der Waals surface area contributed by atoms with Gasteiger partial charge in [0.1, 0.15) is 11.2 Å². The Morgan fingerprint density at radius 3 is 1.90 bits per heavy atom. The van der Waals surface area contributed by atoms with Crippen molar-refractivity contribution >= 4 is 142 Å². The number of para-hydroxylation sites is 1. The Bertz CT molecular complexity index is 3980. The lowest BCUT2D eigenvalue weighted by molar-refractivity contribution is 0.590. The molecule has 4 aromatic heterocycles. The zero-order valence-corrected chi connectivity index (χ0v) is 37.1. The van der Waals surface area contributed by atoms with E-state index in [0.717, 1.165) is 21.9 Å². The molecule has 0 fully saturated rings. The van der Waals surface area contributed by atoms with Crippen LogP contribution in [0, 0.1) is 0 Å². The van der Waals surface area contributed by atoms with Crippen LogP contribution in [0.2, 0.25) is 0 Å². The van der Waals surface area contributed by atoms with Gasteiger partial charge in [0, 0.05) is 101 Å². The minimum Gasteiger partial charge on any atom is -0.455 e. The van der Waals surface area contributed by atoms with Crippen molar-refractivity contribution in [3.63, 3.8) is 0 Å². The normalized spacial score (nSPS) is 13.9. The van der Waals surface area contributed by atoms with Crippen molar-refractivity contribution in [1.29, 1.82) is 0 Å². The van der Waals surface area contributed by atoms with Gasteiger partial charge in [-0.25, -0.2) is 0 Å². The molecular formula is C56H41BN2OS2. The Hall–Kier alpha value is -6.34. The van der Waals surface area contributed by atoms with Gasteiger partial charge in [-0.15, -0.1) is 22.7 Å². The second-order valence-corrected chi connectivity index (χ2v) is 21.9. The molecule has 0 N–H and O–H groups in total. The lowest BCUT2D eigenvalue weighted by Crippen LogP contribution is -2.56. The van der Waals surface area contributed by atoms with Crippen molar-refractivity contribution in [2.24, 2.45) is 0 Å². The summed E-state index contributed by atoms with van der Waals surface area (Å²) < 4.78 is 15.1. The van der Waals surface area contributed by atoms with Crippen LogP contribution in [0.5, 0.6) is 0 Å². The zero-order valence-electron chi connectivity index (χ0n) is 35.5. The first-order valence-electron chi connectivity index (χ1n) is 21.8. The molecule has 3 nitrogen and oxygen atoms in total.